The number of hydrogen-bond acceptors (Lipinski definition) is 5. The molecule has 0 aliphatic carbocycles. The Morgan fingerprint density at radius 2 is 1.82 bits per heavy atom. The second kappa shape index (κ2) is 8.65. The average molecular weight is 383 g/mol. The Morgan fingerprint density at radius 1 is 1.07 bits per heavy atom. The van der Waals surface area contributed by atoms with Crippen LogP contribution in [0.1, 0.15) is 25.3 Å². The minimum Gasteiger partial charge on any atom is -0.486 e. The second-order valence-corrected chi connectivity index (χ2v) is 6.97. The van der Waals surface area contributed by atoms with Crippen LogP contribution >= 0.6 is 0 Å². The second-order valence-electron chi connectivity index (χ2n) is 6.97. The van der Waals surface area contributed by atoms with E-state index >= 15 is 0 Å². The predicted molar refractivity (Wildman–Crippen MR) is 108 cm³/mol. The molecule has 7 heteroatoms. The molecule has 0 spiro atoms. The van der Waals surface area contributed by atoms with Crippen molar-refractivity contribution in [2.45, 2.75) is 19.8 Å². The van der Waals surface area contributed by atoms with Gasteiger partial charge in [0.2, 0.25) is 5.91 Å². The highest BCUT2D eigenvalue weighted by Crippen LogP contribution is 2.32. The first-order valence-electron chi connectivity index (χ1n) is 9.24. The number of likely N-dealkylation sites (N-methyl/N-ethyl adjacent to an activating group) is 1. The fourth-order valence-corrected chi connectivity index (χ4v) is 2.88. The van der Waals surface area contributed by atoms with E-state index in [9.17, 15) is 9.59 Å². The summed E-state index contributed by atoms with van der Waals surface area (Å²) in [5.41, 5.74) is 2.64. The topological polar surface area (TPSA) is 79.9 Å². The zero-order valence-corrected chi connectivity index (χ0v) is 16.3. The summed E-state index contributed by atoms with van der Waals surface area (Å²) in [5, 5.41) is 4.98. The van der Waals surface area contributed by atoms with Gasteiger partial charge in [-0.1, -0.05) is 26.0 Å². The molecule has 3 rings (SSSR count). The molecule has 3 amide bonds. The minimum absolute atomic E-state index is 0.0656. The van der Waals surface area contributed by atoms with Crippen LogP contribution in [0.25, 0.3) is 0 Å². The van der Waals surface area contributed by atoms with Gasteiger partial charge in [0, 0.05) is 24.5 Å². The lowest BCUT2D eigenvalue weighted by Gasteiger charge is -2.20. The molecule has 2 N–H and O–H groups in total. The molecule has 1 heterocycles. The van der Waals surface area contributed by atoms with E-state index in [1.165, 1.54) is 5.56 Å². The van der Waals surface area contributed by atoms with Crippen LogP contribution in [0, 0.1) is 0 Å². The van der Waals surface area contributed by atoms with E-state index in [-0.39, 0.29) is 6.54 Å². The quantitative estimate of drug-likeness (QED) is 0.828. The molecule has 0 bridgehead atoms. The van der Waals surface area contributed by atoms with Gasteiger partial charge >= 0.3 is 6.03 Å². The molecule has 0 fully saturated rings. The average Bonchev–Trinajstić information content (AvgIpc) is 2.67. The number of nitrogens with one attached hydrogen (secondary N) is 2. The van der Waals surface area contributed by atoms with Gasteiger partial charge in [0.1, 0.15) is 13.2 Å². The van der Waals surface area contributed by atoms with Gasteiger partial charge in [0.05, 0.1) is 6.54 Å². The highest BCUT2D eigenvalue weighted by Gasteiger charge is 2.15. The van der Waals surface area contributed by atoms with Crippen LogP contribution in [0.15, 0.2) is 42.5 Å². The zero-order chi connectivity index (χ0) is 20.1. The van der Waals surface area contributed by atoms with Crippen LogP contribution in [-0.4, -0.2) is 38.7 Å². The van der Waals surface area contributed by atoms with Crippen molar-refractivity contribution in [3.05, 3.63) is 48.0 Å². The predicted octanol–water partition coefficient (Wildman–Crippen LogP) is 3.37. The number of rotatable bonds is 5. The largest absolute Gasteiger partial charge is 0.486 e. The van der Waals surface area contributed by atoms with Crippen LogP contribution in [0.4, 0.5) is 16.2 Å². The van der Waals surface area contributed by atoms with Crippen molar-refractivity contribution in [2.24, 2.45) is 0 Å². The summed E-state index contributed by atoms with van der Waals surface area (Å²) in [7, 11) is 1.82. The van der Waals surface area contributed by atoms with E-state index < -0.39 is 11.9 Å². The van der Waals surface area contributed by atoms with Gasteiger partial charge in [-0.15, -0.1) is 0 Å². The van der Waals surface area contributed by atoms with Crippen LogP contribution in [0.3, 0.4) is 0 Å². The molecule has 1 aliphatic rings. The van der Waals surface area contributed by atoms with Crippen molar-refractivity contribution < 1.29 is 19.1 Å². The van der Waals surface area contributed by atoms with Crippen molar-refractivity contribution in [1.29, 1.82) is 0 Å². The van der Waals surface area contributed by atoms with Crippen LogP contribution in [0.5, 0.6) is 11.5 Å². The Balaban J connectivity index is 1.54. The van der Waals surface area contributed by atoms with Crippen molar-refractivity contribution in [1.82, 2.24) is 5.32 Å². The van der Waals surface area contributed by atoms with Crippen molar-refractivity contribution in [3.8, 4) is 11.5 Å². The lowest BCUT2D eigenvalue weighted by Crippen LogP contribution is -2.40. The van der Waals surface area contributed by atoms with Crippen LogP contribution in [-0.2, 0) is 4.79 Å². The molecule has 2 aromatic rings. The molecule has 7 nitrogen and oxygen atoms in total. The molecule has 1 aliphatic heterocycles. The van der Waals surface area contributed by atoms with Gasteiger partial charge in [-0.05, 0) is 35.7 Å². The summed E-state index contributed by atoms with van der Waals surface area (Å²) >= 11 is 0. The van der Waals surface area contributed by atoms with E-state index in [2.05, 4.69) is 30.5 Å². The fraction of sp³-hybridized carbons (Fsp3) is 0.333. The van der Waals surface area contributed by atoms with E-state index in [4.69, 9.17) is 9.47 Å². The summed E-state index contributed by atoms with van der Waals surface area (Å²) in [4.78, 5) is 26.1. The van der Waals surface area contributed by atoms with E-state index in [0.29, 0.717) is 36.3 Å². The molecule has 0 unspecified atom stereocenters. The molecule has 0 saturated carbocycles. The van der Waals surface area contributed by atoms with Gasteiger partial charge in [0.25, 0.3) is 0 Å². The first kappa shape index (κ1) is 19.5. The Hall–Kier alpha value is -3.22. The summed E-state index contributed by atoms with van der Waals surface area (Å²) in [6, 6.07) is 12.5. The molecule has 2 aromatic carbocycles. The lowest BCUT2D eigenvalue weighted by molar-refractivity contribution is -0.118. The third-order valence-electron chi connectivity index (χ3n) is 4.41. The smallest absolute Gasteiger partial charge is 0.325 e. The van der Waals surface area contributed by atoms with Gasteiger partial charge in [0.15, 0.2) is 11.5 Å². The monoisotopic (exact) mass is 383 g/mol. The first-order chi connectivity index (χ1) is 13.4. The SMILES string of the molecule is CC(C)c1cccc(N(C)CC(=O)NC(=O)Nc2ccc3c(c2)OCCO3)c1. The van der Waals surface area contributed by atoms with Gasteiger partial charge in [-0.2, -0.15) is 0 Å². The van der Waals surface area contributed by atoms with Gasteiger partial charge in [-0.25, -0.2) is 4.79 Å². The fourth-order valence-electron chi connectivity index (χ4n) is 2.88. The summed E-state index contributed by atoms with van der Waals surface area (Å²) < 4.78 is 10.9. The molecule has 28 heavy (non-hydrogen) atoms. The number of imide groups is 1. The molecule has 0 radical (unpaired) electrons. The third-order valence-corrected chi connectivity index (χ3v) is 4.41. The zero-order valence-electron chi connectivity index (χ0n) is 16.3. The lowest BCUT2D eigenvalue weighted by atomic mass is 10.0. The Labute approximate surface area is 164 Å². The highest BCUT2D eigenvalue weighted by atomic mass is 16.6. The number of fused-ring (bicyclic) bond motifs is 1. The van der Waals surface area contributed by atoms with Crippen LogP contribution < -0.4 is 25.0 Å². The summed E-state index contributed by atoms with van der Waals surface area (Å²) in [6.07, 6.45) is 0. The molecular weight excluding hydrogens is 358 g/mol. The third kappa shape index (κ3) is 4.94. The number of ether oxygens (including phenoxy) is 2. The van der Waals surface area contributed by atoms with Gasteiger partial charge < -0.3 is 19.7 Å². The molecule has 0 aromatic heterocycles. The maximum Gasteiger partial charge on any atom is 0.325 e. The minimum atomic E-state index is -0.592. The normalized spacial score (nSPS) is 12.4. The van der Waals surface area contributed by atoms with Crippen molar-refractivity contribution >= 4 is 23.3 Å². The Kier molecular flexibility index (Phi) is 6.03. The maximum absolute atomic E-state index is 12.2. The van der Waals surface area contributed by atoms with E-state index in [1.54, 1.807) is 23.1 Å². The molecule has 0 saturated heterocycles. The van der Waals surface area contributed by atoms with Gasteiger partial charge in [-0.3, -0.25) is 10.1 Å². The number of nitrogens with zero attached hydrogens (tertiary/aromatic N) is 1. The van der Waals surface area contributed by atoms with E-state index in [1.807, 2.05) is 25.2 Å². The molecule has 148 valence electrons. The Bertz CT molecular complexity index is 866. The van der Waals surface area contributed by atoms with Crippen molar-refractivity contribution in [3.63, 3.8) is 0 Å². The summed E-state index contributed by atoms with van der Waals surface area (Å²) in [5.74, 6) is 1.21. The number of carbonyl (C=O) groups is 2. The van der Waals surface area contributed by atoms with Crippen molar-refractivity contribution in [2.75, 3.05) is 37.0 Å². The number of benzene rings is 2. The number of amides is 3. The first-order valence-corrected chi connectivity index (χ1v) is 9.24. The highest BCUT2D eigenvalue weighted by molar-refractivity contribution is 6.02. The maximum atomic E-state index is 12.2. The van der Waals surface area contributed by atoms with E-state index in [0.717, 1.165) is 5.69 Å². The number of anilines is 2. The number of hydrogen-bond donors (Lipinski definition) is 2. The standard InChI is InChI=1S/C21H25N3O4/c1-14(2)15-5-4-6-17(11-15)24(3)13-20(25)23-21(26)22-16-7-8-18-19(12-16)28-10-9-27-18/h4-8,11-12,14H,9-10,13H2,1-3H3,(H2,22,23,25,26). The molecular formula is C21H25N3O4. The number of urea groups is 1. The Morgan fingerprint density at radius 3 is 2.57 bits per heavy atom. The molecule has 0 atom stereocenters. The number of carbonyl (C=O) groups excluding carboxylic acids is 2. The van der Waals surface area contributed by atoms with Crippen LogP contribution in [0.2, 0.25) is 0 Å². The summed E-state index contributed by atoms with van der Waals surface area (Å²) in [6.45, 7) is 5.27.